The molecule has 0 saturated heterocycles. The summed E-state index contributed by atoms with van der Waals surface area (Å²) in [6, 6.07) is 4.28. The van der Waals surface area contributed by atoms with Crippen molar-refractivity contribution < 1.29 is 4.79 Å². The van der Waals surface area contributed by atoms with Crippen LogP contribution in [0.1, 0.15) is 73.7 Å². The highest BCUT2D eigenvalue weighted by molar-refractivity contribution is 7.21. The Bertz CT molecular complexity index is 700. The molecule has 23 heavy (non-hydrogen) atoms. The van der Waals surface area contributed by atoms with Crippen LogP contribution in [-0.4, -0.2) is 16.9 Å². The number of nitrogen functional groups attached to an aromatic ring is 1. The van der Waals surface area contributed by atoms with Crippen LogP contribution in [0.25, 0.3) is 10.2 Å². The molecule has 4 nitrogen and oxygen atoms in total. The van der Waals surface area contributed by atoms with Crippen LogP contribution in [0.2, 0.25) is 0 Å². The average Bonchev–Trinajstić information content (AvgIpc) is 2.70. The lowest BCUT2D eigenvalue weighted by atomic mass is 10.1. The number of pyridine rings is 1. The minimum atomic E-state index is -0.0384. The van der Waals surface area contributed by atoms with Crippen LogP contribution in [-0.2, 0) is 0 Å². The molecule has 0 atom stereocenters. The van der Waals surface area contributed by atoms with E-state index in [2.05, 4.69) is 24.1 Å². The number of hydrogen-bond donors (Lipinski definition) is 2. The third kappa shape index (κ3) is 3.50. The number of hydrogen-bond acceptors (Lipinski definition) is 4. The van der Waals surface area contributed by atoms with Crippen molar-refractivity contribution in [2.24, 2.45) is 0 Å². The second kappa shape index (κ2) is 6.87. The molecular weight excluding hydrogens is 306 g/mol. The van der Waals surface area contributed by atoms with Crippen molar-refractivity contribution in [3.8, 4) is 0 Å². The fraction of sp³-hybridized carbons (Fsp3) is 0.556. The number of aromatic nitrogens is 1. The smallest absolute Gasteiger partial charge is 0.263 e. The van der Waals surface area contributed by atoms with E-state index in [4.69, 9.17) is 5.73 Å². The van der Waals surface area contributed by atoms with Gasteiger partial charge in [-0.05, 0) is 30.9 Å². The second-order valence-electron chi connectivity index (χ2n) is 6.75. The number of carbonyl (C=O) groups is 1. The van der Waals surface area contributed by atoms with Crippen molar-refractivity contribution in [2.75, 3.05) is 5.73 Å². The molecule has 0 unspecified atom stereocenters. The molecule has 0 bridgehead atoms. The van der Waals surface area contributed by atoms with E-state index in [-0.39, 0.29) is 11.9 Å². The van der Waals surface area contributed by atoms with Gasteiger partial charge in [0.1, 0.15) is 9.71 Å². The fourth-order valence-electron chi connectivity index (χ4n) is 3.18. The van der Waals surface area contributed by atoms with Crippen LogP contribution < -0.4 is 11.1 Å². The minimum Gasteiger partial charge on any atom is -0.397 e. The molecule has 3 N–H and O–H groups in total. The first-order chi connectivity index (χ1) is 11.1. The van der Waals surface area contributed by atoms with Gasteiger partial charge in [-0.25, -0.2) is 4.98 Å². The SMILES string of the molecule is CC(C)c1ccc2c(N)c(C(=O)NC3CCCCCC3)sc2n1. The van der Waals surface area contributed by atoms with Gasteiger partial charge in [0.15, 0.2) is 0 Å². The topological polar surface area (TPSA) is 68.0 Å². The first-order valence-corrected chi connectivity index (χ1v) is 9.37. The van der Waals surface area contributed by atoms with Crippen molar-refractivity contribution in [2.45, 2.75) is 64.3 Å². The zero-order valence-electron chi connectivity index (χ0n) is 13.9. The molecule has 0 radical (unpaired) electrons. The van der Waals surface area contributed by atoms with E-state index in [0.717, 1.165) is 28.8 Å². The monoisotopic (exact) mass is 331 g/mol. The van der Waals surface area contributed by atoms with Crippen LogP contribution in [0, 0.1) is 0 Å². The number of rotatable bonds is 3. The predicted molar refractivity (Wildman–Crippen MR) is 97.1 cm³/mol. The molecule has 2 aromatic rings. The predicted octanol–water partition coefficient (Wildman–Crippen LogP) is 4.45. The summed E-state index contributed by atoms with van der Waals surface area (Å²) in [5, 5.41) is 4.07. The Morgan fingerprint density at radius 3 is 2.61 bits per heavy atom. The highest BCUT2D eigenvalue weighted by atomic mass is 32.1. The van der Waals surface area contributed by atoms with Gasteiger partial charge in [0.25, 0.3) is 5.91 Å². The van der Waals surface area contributed by atoms with Gasteiger partial charge in [0, 0.05) is 17.1 Å². The maximum absolute atomic E-state index is 12.6. The van der Waals surface area contributed by atoms with Gasteiger partial charge >= 0.3 is 0 Å². The fourth-order valence-corrected chi connectivity index (χ4v) is 4.18. The van der Waals surface area contributed by atoms with Crippen LogP contribution in [0.4, 0.5) is 5.69 Å². The molecule has 1 saturated carbocycles. The maximum Gasteiger partial charge on any atom is 0.263 e. The zero-order chi connectivity index (χ0) is 16.4. The number of nitrogens with one attached hydrogen (secondary N) is 1. The number of thiophene rings is 1. The summed E-state index contributed by atoms with van der Waals surface area (Å²) in [7, 11) is 0. The van der Waals surface area contributed by atoms with Crippen molar-refractivity contribution in [1.82, 2.24) is 10.3 Å². The summed E-state index contributed by atoms with van der Waals surface area (Å²) in [6.07, 6.45) is 7.11. The Morgan fingerprint density at radius 2 is 1.96 bits per heavy atom. The van der Waals surface area contributed by atoms with Crippen molar-refractivity contribution >= 4 is 33.1 Å². The summed E-state index contributed by atoms with van der Waals surface area (Å²) in [4.78, 5) is 18.8. The highest BCUT2D eigenvalue weighted by Crippen LogP contribution is 2.33. The Balaban J connectivity index is 1.83. The lowest BCUT2D eigenvalue weighted by Gasteiger charge is -2.15. The molecule has 124 valence electrons. The van der Waals surface area contributed by atoms with Gasteiger partial charge in [-0.3, -0.25) is 4.79 Å². The number of fused-ring (bicyclic) bond motifs is 1. The van der Waals surface area contributed by atoms with E-state index in [1.807, 2.05) is 12.1 Å². The third-order valence-corrected chi connectivity index (χ3v) is 5.72. The zero-order valence-corrected chi connectivity index (χ0v) is 14.7. The van der Waals surface area contributed by atoms with E-state index in [1.165, 1.54) is 37.0 Å². The van der Waals surface area contributed by atoms with Crippen LogP contribution in [0.15, 0.2) is 12.1 Å². The minimum absolute atomic E-state index is 0.0384. The maximum atomic E-state index is 12.6. The number of carbonyl (C=O) groups excluding carboxylic acids is 1. The van der Waals surface area contributed by atoms with Crippen molar-refractivity contribution in [1.29, 1.82) is 0 Å². The normalized spacial score (nSPS) is 16.7. The molecule has 0 spiro atoms. The van der Waals surface area contributed by atoms with Gasteiger partial charge in [0.2, 0.25) is 0 Å². The summed E-state index contributed by atoms with van der Waals surface area (Å²) in [6.45, 7) is 4.23. The standard InChI is InChI=1S/C18H25N3OS/c1-11(2)14-10-9-13-15(19)16(23-18(13)21-14)17(22)20-12-7-5-3-4-6-8-12/h9-12H,3-8,19H2,1-2H3,(H,20,22). The van der Waals surface area contributed by atoms with Gasteiger partial charge in [-0.1, -0.05) is 39.5 Å². The number of amides is 1. The average molecular weight is 331 g/mol. The van der Waals surface area contributed by atoms with Gasteiger partial charge in [0.05, 0.1) is 5.69 Å². The molecule has 0 aliphatic heterocycles. The summed E-state index contributed by atoms with van der Waals surface area (Å²) < 4.78 is 0. The van der Waals surface area contributed by atoms with Crippen LogP contribution >= 0.6 is 11.3 Å². The van der Waals surface area contributed by atoms with E-state index in [9.17, 15) is 4.79 Å². The van der Waals surface area contributed by atoms with E-state index >= 15 is 0 Å². The third-order valence-electron chi connectivity index (χ3n) is 4.60. The van der Waals surface area contributed by atoms with E-state index in [0.29, 0.717) is 16.5 Å². The summed E-state index contributed by atoms with van der Waals surface area (Å²) in [5.74, 6) is 0.328. The number of nitrogens with two attached hydrogens (primary N) is 1. The molecule has 1 aliphatic carbocycles. The molecule has 2 aromatic heterocycles. The molecule has 5 heteroatoms. The Morgan fingerprint density at radius 1 is 1.26 bits per heavy atom. The van der Waals surface area contributed by atoms with E-state index < -0.39 is 0 Å². The summed E-state index contributed by atoms with van der Waals surface area (Å²) >= 11 is 1.41. The highest BCUT2D eigenvalue weighted by Gasteiger charge is 2.21. The van der Waals surface area contributed by atoms with Crippen molar-refractivity contribution in [3.63, 3.8) is 0 Å². The first-order valence-electron chi connectivity index (χ1n) is 8.56. The lowest BCUT2D eigenvalue weighted by Crippen LogP contribution is -2.34. The van der Waals surface area contributed by atoms with Gasteiger partial charge in [-0.15, -0.1) is 11.3 Å². The van der Waals surface area contributed by atoms with Crippen LogP contribution in [0.3, 0.4) is 0 Å². The Hall–Kier alpha value is -1.62. The Kier molecular flexibility index (Phi) is 4.85. The molecular formula is C18H25N3OS. The molecule has 1 amide bonds. The number of nitrogens with zero attached hydrogens (tertiary/aromatic N) is 1. The van der Waals surface area contributed by atoms with Gasteiger partial charge in [-0.2, -0.15) is 0 Å². The lowest BCUT2D eigenvalue weighted by molar-refractivity contribution is 0.0938. The molecule has 0 aromatic carbocycles. The second-order valence-corrected chi connectivity index (χ2v) is 7.75. The first kappa shape index (κ1) is 16.2. The Labute approximate surface area is 141 Å². The molecule has 1 aliphatic rings. The number of anilines is 1. The molecule has 3 rings (SSSR count). The van der Waals surface area contributed by atoms with Crippen molar-refractivity contribution in [3.05, 3.63) is 22.7 Å². The quantitative estimate of drug-likeness (QED) is 0.816. The van der Waals surface area contributed by atoms with Crippen LogP contribution in [0.5, 0.6) is 0 Å². The molecule has 2 heterocycles. The van der Waals surface area contributed by atoms with Gasteiger partial charge < -0.3 is 11.1 Å². The van der Waals surface area contributed by atoms with E-state index in [1.54, 1.807) is 0 Å². The molecule has 1 fully saturated rings. The largest absolute Gasteiger partial charge is 0.397 e. The summed E-state index contributed by atoms with van der Waals surface area (Å²) in [5.41, 5.74) is 7.82.